The maximum Gasteiger partial charge on any atom is 0.264 e. The molecular weight excluding hydrogens is 380 g/mol. The van der Waals surface area contributed by atoms with Gasteiger partial charge in [-0.2, -0.15) is 0 Å². The molecular formula is C24H24N2O4. The van der Waals surface area contributed by atoms with Gasteiger partial charge in [0.1, 0.15) is 5.75 Å². The summed E-state index contributed by atoms with van der Waals surface area (Å²) in [4.78, 5) is 39.7. The fraction of sp³-hybridized carbons (Fsp3) is 0.292. The number of aryl methyl sites for hydroxylation is 3. The van der Waals surface area contributed by atoms with E-state index in [1.54, 1.807) is 42.8 Å². The molecule has 1 atom stereocenters. The lowest BCUT2D eigenvalue weighted by molar-refractivity contribution is -0.120. The number of hydrogen-bond acceptors (Lipinski definition) is 4. The van der Waals surface area contributed by atoms with Crippen molar-refractivity contribution in [1.82, 2.24) is 4.57 Å². The number of aromatic nitrogens is 1. The highest BCUT2D eigenvalue weighted by atomic mass is 16.5. The molecule has 0 radical (unpaired) electrons. The van der Waals surface area contributed by atoms with Crippen LogP contribution in [0, 0.1) is 20.8 Å². The minimum Gasteiger partial charge on any atom is -0.482 e. The molecule has 30 heavy (non-hydrogen) atoms. The Hall–Kier alpha value is -3.41. The Morgan fingerprint density at radius 3 is 2.50 bits per heavy atom. The molecule has 1 aliphatic rings. The third-order valence-corrected chi connectivity index (χ3v) is 5.78. The summed E-state index contributed by atoms with van der Waals surface area (Å²) in [5.41, 5.74) is 4.50. The smallest absolute Gasteiger partial charge is 0.264 e. The largest absolute Gasteiger partial charge is 0.482 e. The molecule has 154 valence electrons. The Morgan fingerprint density at radius 2 is 1.77 bits per heavy atom. The molecule has 2 heterocycles. The number of rotatable bonds is 3. The van der Waals surface area contributed by atoms with E-state index in [2.05, 4.69) is 0 Å². The van der Waals surface area contributed by atoms with Crippen molar-refractivity contribution in [3.05, 3.63) is 69.0 Å². The van der Waals surface area contributed by atoms with Crippen molar-refractivity contribution >= 4 is 28.3 Å². The maximum absolute atomic E-state index is 13.4. The summed E-state index contributed by atoms with van der Waals surface area (Å²) in [6.07, 6.45) is 0. The Morgan fingerprint density at radius 1 is 1.03 bits per heavy atom. The lowest BCUT2D eigenvalue weighted by Gasteiger charge is -2.26. The van der Waals surface area contributed by atoms with Gasteiger partial charge in [-0.25, -0.2) is 0 Å². The number of nitrogens with zero attached hydrogens (tertiary/aromatic N) is 2. The summed E-state index contributed by atoms with van der Waals surface area (Å²) < 4.78 is 7.02. The van der Waals surface area contributed by atoms with Crippen molar-refractivity contribution in [3.8, 4) is 5.75 Å². The average molecular weight is 404 g/mol. The van der Waals surface area contributed by atoms with Gasteiger partial charge in [-0.1, -0.05) is 11.6 Å². The molecule has 6 nitrogen and oxygen atoms in total. The molecule has 3 aromatic rings. The summed E-state index contributed by atoms with van der Waals surface area (Å²) in [5, 5.41) is 0.968. The van der Waals surface area contributed by atoms with E-state index in [4.69, 9.17) is 4.74 Å². The third-order valence-electron chi connectivity index (χ3n) is 5.78. The Bertz CT molecular complexity index is 1270. The van der Waals surface area contributed by atoms with Crippen LogP contribution >= 0.6 is 0 Å². The molecule has 0 bridgehead atoms. The lowest BCUT2D eigenvalue weighted by atomic mass is 9.99. The second-order valence-electron chi connectivity index (χ2n) is 7.98. The highest BCUT2D eigenvalue weighted by Crippen LogP contribution is 2.33. The van der Waals surface area contributed by atoms with Gasteiger partial charge in [-0.15, -0.1) is 0 Å². The van der Waals surface area contributed by atoms with Crippen LogP contribution in [-0.2, 0) is 4.79 Å². The lowest BCUT2D eigenvalue weighted by Crippen LogP contribution is -2.35. The number of amides is 1. The number of ether oxygens (including phenoxy) is 1. The SMILES string of the molecule is Cc1cc(C)c2c(c1)c(C)cc(=O)n2C(C)C(=O)c1ccc2c(c1)N(C)C(=O)CO2. The van der Waals surface area contributed by atoms with Crippen LogP contribution < -0.4 is 15.2 Å². The predicted octanol–water partition coefficient (Wildman–Crippen LogP) is 3.73. The molecule has 1 aromatic heterocycles. The van der Waals surface area contributed by atoms with Crippen LogP contribution in [0.15, 0.2) is 41.2 Å². The first kappa shape index (κ1) is 19.9. The van der Waals surface area contributed by atoms with Crippen LogP contribution in [0.2, 0.25) is 0 Å². The summed E-state index contributed by atoms with van der Waals surface area (Å²) in [6.45, 7) is 7.61. The van der Waals surface area contributed by atoms with E-state index in [9.17, 15) is 14.4 Å². The second kappa shape index (κ2) is 7.13. The molecule has 0 spiro atoms. The van der Waals surface area contributed by atoms with E-state index in [1.165, 1.54) is 4.90 Å². The number of carbonyl (C=O) groups excluding carboxylic acids is 2. The van der Waals surface area contributed by atoms with E-state index >= 15 is 0 Å². The normalized spacial score (nSPS) is 14.4. The third kappa shape index (κ3) is 3.09. The molecule has 1 aliphatic heterocycles. The zero-order valence-electron chi connectivity index (χ0n) is 17.8. The number of likely N-dealkylation sites (N-methyl/N-ethyl adjacent to an activating group) is 1. The second-order valence-corrected chi connectivity index (χ2v) is 7.98. The Labute approximate surface area is 174 Å². The standard InChI is InChI=1S/C24H24N2O4/c1-13-8-15(3)23-18(9-13)14(2)10-21(27)26(23)16(4)24(29)17-6-7-20-19(11-17)25(5)22(28)12-30-20/h6-11,16H,12H2,1-5H3. The van der Waals surface area contributed by atoms with E-state index < -0.39 is 6.04 Å². The number of pyridine rings is 1. The number of Topliss-reactive ketones (excluding diaryl/α,β-unsaturated/α-hetero) is 1. The van der Waals surface area contributed by atoms with E-state index in [1.807, 2.05) is 32.9 Å². The van der Waals surface area contributed by atoms with Crippen LogP contribution in [0.4, 0.5) is 5.69 Å². The van der Waals surface area contributed by atoms with Gasteiger partial charge in [0.2, 0.25) is 0 Å². The van der Waals surface area contributed by atoms with E-state index in [0.717, 1.165) is 27.6 Å². The predicted molar refractivity (Wildman–Crippen MR) is 117 cm³/mol. The summed E-state index contributed by atoms with van der Waals surface area (Å²) >= 11 is 0. The maximum atomic E-state index is 13.4. The first-order chi connectivity index (χ1) is 14.2. The van der Waals surface area contributed by atoms with Crippen molar-refractivity contribution in [2.45, 2.75) is 33.7 Å². The van der Waals surface area contributed by atoms with Crippen LogP contribution in [0.25, 0.3) is 10.9 Å². The van der Waals surface area contributed by atoms with Gasteiger partial charge in [-0.05, 0) is 63.1 Å². The average Bonchev–Trinajstić information content (AvgIpc) is 2.70. The van der Waals surface area contributed by atoms with Gasteiger partial charge >= 0.3 is 0 Å². The zero-order valence-corrected chi connectivity index (χ0v) is 17.8. The number of anilines is 1. The van der Waals surface area contributed by atoms with Gasteiger partial charge in [0, 0.05) is 24.1 Å². The minimum atomic E-state index is -0.703. The molecule has 1 amide bonds. The van der Waals surface area contributed by atoms with Crippen LogP contribution in [-0.4, -0.2) is 29.9 Å². The molecule has 0 saturated heterocycles. The van der Waals surface area contributed by atoms with Gasteiger partial charge in [0.15, 0.2) is 12.4 Å². The molecule has 0 saturated carbocycles. The zero-order chi connectivity index (χ0) is 21.7. The summed E-state index contributed by atoms with van der Waals surface area (Å²) in [6, 6.07) is 9.98. The fourth-order valence-electron chi connectivity index (χ4n) is 4.19. The quantitative estimate of drug-likeness (QED) is 0.624. The minimum absolute atomic E-state index is 0.0172. The monoisotopic (exact) mass is 404 g/mol. The number of carbonyl (C=O) groups is 2. The number of fused-ring (bicyclic) bond motifs is 2. The van der Waals surface area contributed by atoms with Gasteiger partial charge in [-0.3, -0.25) is 19.0 Å². The van der Waals surface area contributed by atoms with Crippen molar-refractivity contribution in [2.24, 2.45) is 0 Å². The van der Waals surface area contributed by atoms with Crippen molar-refractivity contribution in [1.29, 1.82) is 0 Å². The summed E-state index contributed by atoms with van der Waals surface area (Å²) in [7, 11) is 1.66. The molecule has 0 fully saturated rings. The van der Waals surface area contributed by atoms with Gasteiger partial charge in [0.25, 0.3) is 11.5 Å². The highest BCUT2D eigenvalue weighted by molar-refractivity contribution is 6.03. The van der Waals surface area contributed by atoms with Crippen molar-refractivity contribution < 1.29 is 14.3 Å². The highest BCUT2D eigenvalue weighted by Gasteiger charge is 2.26. The van der Waals surface area contributed by atoms with Crippen molar-refractivity contribution in [2.75, 3.05) is 18.6 Å². The molecule has 0 N–H and O–H groups in total. The van der Waals surface area contributed by atoms with Crippen LogP contribution in [0.1, 0.15) is 40.0 Å². The first-order valence-electron chi connectivity index (χ1n) is 9.89. The van der Waals surface area contributed by atoms with E-state index in [-0.39, 0.29) is 23.9 Å². The Kier molecular flexibility index (Phi) is 4.73. The molecule has 1 unspecified atom stereocenters. The summed E-state index contributed by atoms with van der Waals surface area (Å²) in [5.74, 6) is 0.189. The Balaban J connectivity index is 1.84. The van der Waals surface area contributed by atoms with Crippen LogP contribution in [0.5, 0.6) is 5.75 Å². The number of hydrogen-bond donors (Lipinski definition) is 0. The number of benzene rings is 2. The molecule has 4 rings (SSSR count). The van der Waals surface area contributed by atoms with Gasteiger partial charge in [0.05, 0.1) is 17.2 Å². The molecule has 0 aliphatic carbocycles. The van der Waals surface area contributed by atoms with Crippen LogP contribution in [0.3, 0.4) is 0 Å². The van der Waals surface area contributed by atoms with E-state index in [0.29, 0.717) is 17.0 Å². The van der Waals surface area contributed by atoms with Gasteiger partial charge < -0.3 is 9.64 Å². The molecule has 6 heteroatoms. The fourth-order valence-corrected chi connectivity index (χ4v) is 4.19. The molecule has 2 aromatic carbocycles. The first-order valence-corrected chi connectivity index (χ1v) is 9.89. The number of ketones is 1. The van der Waals surface area contributed by atoms with Crippen molar-refractivity contribution in [3.63, 3.8) is 0 Å². The topological polar surface area (TPSA) is 68.6 Å².